The van der Waals surface area contributed by atoms with Gasteiger partial charge >= 0.3 is 0 Å². The van der Waals surface area contributed by atoms with E-state index < -0.39 is 0 Å². The van der Waals surface area contributed by atoms with Gasteiger partial charge in [0.15, 0.2) is 0 Å². The molecular formula is C18H22FN2O+. The van der Waals surface area contributed by atoms with Crippen molar-refractivity contribution in [2.24, 2.45) is 0 Å². The summed E-state index contributed by atoms with van der Waals surface area (Å²) >= 11 is 0. The molecule has 4 heteroatoms. The van der Waals surface area contributed by atoms with Crippen molar-refractivity contribution in [3.05, 3.63) is 53.1 Å². The molecule has 3 rings (SSSR count). The molecule has 1 fully saturated rings. The Balaban J connectivity index is 1.89. The Kier molecular flexibility index (Phi) is 4.12. The summed E-state index contributed by atoms with van der Waals surface area (Å²) in [5.41, 5.74) is 3.63. The fraction of sp³-hybridized carbons (Fsp3) is 0.389. The molecule has 0 amide bonds. The molecule has 0 unspecified atom stereocenters. The lowest BCUT2D eigenvalue weighted by Gasteiger charge is -2.12. The smallest absolute Gasteiger partial charge is 0.218 e. The zero-order valence-electron chi connectivity index (χ0n) is 13.2. The van der Waals surface area contributed by atoms with Gasteiger partial charge in [0.1, 0.15) is 12.4 Å². The van der Waals surface area contributed by atoms with Crippen LogP contribution in [-0.4, -0.2) is 30.0 Å². The first-order valence-electron chi connectivity index (χ1n) is 7.88. The molecule has 0 saturated carbocycles. The third kappa shape index (κ3) is 2.83. The molecule has 1 saturated heterocycles. The first-order valence-corrected chi connectivity index (χ1v) is 7.88. The predicted octanol–water partition coefficient (Wildman–Crippen LogP) is 2.09. The van der Waals surface area contributed by atoms with Gasteiger partial charge in [0.25, 0.3) is 0 Å². The van der Waals surface area contributed by atoms with E-state index in [0.717, 1.165) is 35.7 Å². The number of aromatic nitrogens is 1. The second-order valence-electron chi connectivity index (χ2n) is 6.15. The molecule has 2 aromatic rings. The summed E-state index contributed by atoms with van der Waals surface area (Å²) in [5.74, 6) is -0.0430. The molecule has 2 heterocycles. The van der Waals surface area contributed by atoms with Gasteiger partial charge in [-0.1, -0.05) is 0 Å². The predicted molar refractivity (Wildman–Crippen MR) is 84.3 cm³/mol. The average molecular weight is 301 g/mol. The Morgan fingerprint density at radius 2 is 1.82 bits per heavy atom. The molecule has 116 valence electrons. The van der Waals surface area contributed by atoms with E-state index >= 15 is 0 Å². The Hall–Kier alpha value is -1.94. The minimum Gasteiger partial charge on any atom is -0.328 e. The van der Waals surface area contributed by atoms with Crippen LogP contribution in [0.3, 0.4) is 0 Å². The molecule has 22 heavy (non-hydrogen) atoms. The minimum atomic E-state index is -0.250. The second kappa shape index (κ2) is 6.05. The van der Waals surface area contributed by atoms with Crippen molar-refractivity contribution in [1.82, 2.24) is 4.57 Å². The number of carbonyl (C=O) groups is 1. The molecule has 3 nitrogen and oxygen atoms in total. The molecule has 0 radical (unpaired) electrons. The number of aryl methyl sites for hydroxylation is 1. The highest BCUT2D eigenvalue weighted by molar-refractivity contribution is 5.98. The quantitative estimate of drug-likeness (QED) is 0.860. The molecule has 1 N–H and O–H groups in total. The van der Waals surface area contributed by atoms with Crippen LogP contribution >= 0.6 is 0 Å². The topological polar surface area (TPSA) is 26.4 Å². The van der Waals surface area contributed by atoms with Gasteiger partial charge in [-0.05, 0) is 44.2 Å². The van der Waals surface area contributed by atoms with Crippen molar-refractivity contribution in [3.8, 4) is 5.69 Å². The number of hydrogen-bond donors (Lipinski definition) is 1. The van der Waals surface area contributed by atoms with Crippen molar-refractivity contribution in [3.63, 3.8) is 0 Å². The first kappa shape index (κ1) is 15.0. The average Bonchev–Trinajstić information content (AvgIpc) is 3.09. The highest BCUT2D eigenvalue weighted by atomic mass is 19.1. The van der Waals surface area contributed by atoms with Crippen LogP contribution in [0.25, 0.3) is 5.69 Å². The molecule has 0 aliphatic carbocycles. The fourth-order valence-corrected chi connectivity index (χ4v) is 3.41. The van der Waals surface area contributed by atoms with E-state index in [1.807, 2.05) is 24.5 Å². The monoisotopic (exact) mass is 301 g/mol. The summed E-state index contributed by atoms with van der Waals surface area (Å²) in [6.45, 7) is 6.72. The Labute approximate surface area is 130 Å². The molecule has 1 aliphatic rings. The lowest BCUT2D eigenvalue weighted by Crippen LogP contribution is -3.10. The number of nitrogens with one attached hydrogen (secondary N) is 1. The van der Waals surface area contributed by atoms with Crippen molar-refractivity contribution in [1.29, 1.82) is 0 Å². The Morgan fingerprint density at radius 3 is 2.45 bits per heavy atom. The summed E-state index contributed by atoms with van der Waals surface area (Å²) in [7, 11) is 0. The summed E-state index contributed by atoms with van der Waals surface area (Å²) in [5, 5.41) is 0. The van der Waals surface area contributed by atoms with Crippen molar-refractivity contribution < 1.29 is 14.1 Å². The zero-order chi connectivity index (χ0) is 15.7. The number of hydrogen-bond acceptors (Lipinski definition) is 1. The van der Waals surface area contributed by atoms with E-state index in [0.29, 0.717) is 6.54 Å². The summed E-state index contributed by atoms with van der Waals surface area (Å²) in [6.07, 6.45) is 2.44. The largest absolute Gasteiger partial charge is 0.328 e. The molecule has 1 aliphatic heterocycles. The second-order valence-corrected chi connectivity index (χ2v) is 6.15. The maximum absolute atomic E-state index is 13.1. The maximum Gasteiger partial charge on any atom is 0.218 e. The molecule has 0 atom stereocenters. The number of rotatable bonds is 4. The number of quaternary nitrogens is 1. The number of carbonyl (C=O) groups excluding carboxylic acids is 1. The SMILES string of the molecule is Cc1cc(C(=O)C[NH+]2CCCC2)c(C)n1-c1ccc(F)cc1. The van der Waals surface area contributed by atoms with Gasteiger partial charge in [0.05, 0.1) is 13.1 Å². The van der Waals surface area contributed by atoms with Crippen LogP contribution in [0.4, 0.5) is 4.39 Å². The van der Waals surface area contributed by atoms with Crippen LogP contribution in [0.2, 0.25) is 0 Å². The molecule has 1 aromatic carbocycles. The van der Waals surface area contributed by atoms with Gasteiger partial charge in [-0.2, -0.15) is 0 Å². The van der Waals surface area contributed by atoms with Gasteiger partial charge < -0.3 is 9.47 Å². The normalized spacial score (nSPS) is 15.4. The van der Waals surface area contributed by atoms with Crippen molar-refractivity contribution >= 4 is 5.78 Å². The Morgan fingerprint density at radius 1 is 1.18 bits per heavy atom. The fourth-order valence-electron chi connectivity index (χ4n) is 3.41. The van der Waals surface area contributed by atoms with Crippen molar-refractivity contribution in [2.45, 2.75) is 26.7 Å². The number of Topliss-reactive ketones (excluding diaryl/α,β-unsaturated/α-hetero) is 1. The van der Waals surface area contributed by atoms with Crippen molar-refractivity contribution in [2.75, 3.05) is 19.6 Å². The summed E-state index contributed by atoms with van der Waals surface area (Å²) < 4.78 is 15.1. The molecule has 0 spiro atoms. The molecule has 0 bridgehead atoms. The van der Waals surface area contributed by atoms with E-state index in [1.165, 1.54) is 29.9 Å². The van der Waals surface area contributed by atoms with E-state index in [4.69, 9.17) is 0 Å². The van der Waals surface area contributed by atoms with E-state index in [1.54, 1.807) is 12.1 Å². The van der Waals surface area contributed by atoms with Crippen LogP contribution in [0.5, 0.6) is 0 Å². The summed E-state index contributed by atoms with van der Waals surface area (Å²) in [4.78, 5) is 14.0. The maximum atomic E-state index is 13.1. The number of ketones is 1. The van der Waals surface area contributed by atoms with Crippen LogP contribution in [0.15, 0.2) is 30.3 Å². The Bertz CT molecular complexity index is 682. The number of benzene rings is 1. The number of halogens is 1. The van der Waals surface area contributed by atoms with Crippen LogP contribution in [-0.2, 0) is 0 Å². The van der Waals surface area contributed by atoms with Crippen LogP contribution in [0, 0.1) is 19.7 Å². The third-order valence-corrected chi connectivity index (χ3v) is 4.54. The highest BCUT2D eigenvalue weighted by Gasteiger charge is 2.23. The third-order valence-electron chi connectivity index (χ3n) is 4.54. The van der Waals surface area contributed by atoms with E-state index in [2.05, 4.69) is 0 Å². The highest BCUT2D eigenvalue weighted by Crippen LogP contribution is 2.21. The zero-order valence-corrected chi connectivity index (χ0v) is 13.2. The number of nitrogens with zero attached hydrogens (tertiary/aromatic N) is 1. The minimum absolute atomic E-state index is 0.207. The lowest BCUT2D eigenvalue weighted by molar-refractivity contribution is -0.878. The van der Waals surface area contributed by atoms with Gasteiger partial charge in [-0.25, -0.2) is 4.39 Å². The first-order chi connectivity index (χ1) is 10.6. The number of likely N-dealkylation sites (tertiary alicyclic amines) is 1. The standard InChI is InChI=1S/C18H21FN2O/c1-13-11-17(18(22)12-20-9-3-4-10-20)14(2)21(13)16-7-5-15(19)6-8-16/h5-8,11H,3-4,9-10,12H2,1-2H3/p+1. The molecular weight excluding hydrogens is 279 g/mol. The van der Waals surface area contributed by atoms with Gasteiger partial charge in [0.2, 0.25) is 5.78 Å². The lowest BCUT2D eigenvalue weighted by atomic mass is 10.1. The van der Waals surface area contributed by atoms with Crippen LogP contribution in [0.1, 0.15) is 34.6 Å². The van der Waals surface area contributed by atoms with Gasteiger partial charge in [0, 0.05) is 35.5 Å². The summed E-state index contributed by atoms with van der Waals surface area (Å²) in [6, 6.07) is 8.34. The van der Waals surface area contributed by atoms with Gasteiger partial charge in [-0.15, -0.1) is 0 Å². The van der Waals surface area contributed by atoms with Crippen LogP contribution < -0.4 is 4.90 Å². The van der Waals surface area contributed by atoms with Gasteiger partial charge in [-0.3, -0.25) is 4.79 Å². The van der Waals surface area contributed by atoms with E-state index in [-0.39, 0.29) is 11.6 Å². The molecule has 1 aromatic heterocycles. The van der Waals surface area contributed by atoms with E-state index in [9.17, 15) is 9.18 Å².